The van der Waals surface area contributed by atoms with Gasteiger partial charge in [0.05, 0.1) is 5.69 Å². The Morgan fingerprint density at radius 3 is 2.43 bits per heavy atom. The Bertz CT molecular complexity index is 717. The first-order valence-electron chi connectivity index (χ1n) is 6.82. The van der Waals surface area contributed by atoms with Crippen LogP contribution in [0.5, 0.6) is 0 Å². The van der Waals surface area contributed by atoms with E-state index in [9.17, 15) is 0 Å². The van der Waals surface area contributed by atoms with Gasteiger partial charge in [0.25, 0.3) is 0 Å². The van der Waals surface area contributed by atoms with Gasteiger partial charge >= 0.3 is 0 Å². The van der Waals surface area contributed by atoms with E-state index in [2.05, 4.69) is 93.7 Å². The summed E-state index contributed by atoms with van der Waals surface area (Å²) in [7, 11) is 0. The van der Waals surface area contributed by atoms with Gasteiger partial charge in [-0.25, -0.2) is 4.98 Å². The summed E-state index contributed by atoms with van der Waals surface area (Å²) in [6, 6.07) is 16.9. The van der Waals surface area contributed by atoms with E-state index >= 15 is 0 Å². The Balaban J connectivity index is 1.77. The maximum atomic E-state index is 4.66. The van der Waals surface area contributed by atoms with Gasteiger partial charge in [-0.1, -0.05) is 31.2 Å². The average molecular weight is 406 g/mol. The van der Waals surface area contributed by atoms with Crippen molar-refractivity contribution in [2.45, 2.75) is 13.3 Å². The molecule has 2 aromatic carbocycles. The van der Waals surface area contributed by atoms with Crippen LogP contribution in [0.15, 0.2) is 53.9 Å². The van der Waals surface area contributed by atoms with Crippen molar-refractivity contribution in [3.05, 3.63) is 63.0 Å². The first-order valence-corrected chi connectivity index (χ1v) is 8.78. The van der Waals surface area contributed by atoms with Crippen LogP contribution in [0.2, 0.25) is 0 Å². The van der Waals surface area contributed by atoms with Gasteiger partial charge in [0.2, 0.25) is 0 Å². The van der Waals surface area contributed by atoms with Gasteiger partial charge in [-0.15, -0.1) is 11.3 Å². The Labute approximate surface area is 142 Å². The average Bonchev–Trinajstić information content (AvgIpc) is 2.98. The molecule has 0 amide bonds. The van der Waals surface area contributed by atoms with Crippen molar-refractivity contribution in [2.75, 3.05) is 5.32 Å². The number of rotatable bonds is 4. The van der Waals surface area contributed by atoms with E-state index in [4.69, 9.17) is 0 Å². The normalized spacial score (nSPS) is 10.6. The van der Waals surface area contributed by atoms with Crippen LogP contribution in [0.3, 0.4) is 0 Å². The number of aryl methyl sites for hydroxylation is 1. The maximum absolute atomic E-state index is 4.66. The minimum atomic E-state index is 0.922. The predicted molar refractivity (Wildman–Crippen MR) is 99.4 cm³/mol. The zero-order valence-corrected chi connectivity index (χ0v) is 14.6. The second-order valence-corrected chi connectivity index (χ2v) is 6.82. The summed E-state index contributed by atoms with van der Waals surface area (Å²) in [5, 5.41) is 6.36. The molecule has 3 aromatic rings. The van der Waals surface area contributed by atoms with Crippen LogP contribution in [0.25, 0.3) is 11.3 Å². The molecule has 3 rings (SSSR count). The quantitative estimate of drug-likeness (QED) is 0.561. The lowest BCUT2D eigenvalue weighted by Crippen LogP contribution is -1.89. The number of hydrogen-bond acceptors (Lipinski definition) is 3. The van der Waals surface area contributed by atoms with Gasteiger partial charge in [0, 0.05) is 20.2 Å². The van der Waals surface area contributed by atoms with Crippen molar-refractivity contribution in [1.29, 1.82) is 0 Å². The van der Waals surface area contributed by atoms with Crippen LogP contribution in [0.4, 0.5) is 10.8 Å². The molecule has 2 nitrogen and oxygen atoms in total. The van der Waals surface area contributed by atoms with E-state index in [0.717, 1.165) is 22.9 Å². The molecule has 0 atom stereocenters. The molecule has 1 heterocycles. The molecule has 0 bridgehead atoms. The summed E-state index contributed by atoms with van der Waals surface area (Å²) in [6.07, 6.45) is 1.07. The molecule has 0 radical (unpaired) electrons. The van der Waals surface area contributed by atoms with Crippen LogP contribution >= 0.6 is 33.9 Å². The highest BCUT2D eigenvalue weighted by atomic mass is 127. The molecule has 1 aromatic heterocycles. The van der Waals surface area contributed by atoms with Crippen LogP contribution in [-0.4, -0.2) is 4.98 Å². The fourth-order valence-electron chi connectivity index (χ4n) is 2.03. The van der Waals surface area contributed by atoms with E-state index in [1.165, 1.54) is 14.7 Å². The lowest BCUT2D eigenvalue weighted by molar-refractivity contribution is 1.14. The smallest absolute Gasteiger partial charge is 0.187 e. The molecule has 0 aliphatic heterocycles. The lowest BCUT2D eigenvalue weighted by Gasteiger charge is -2.02. The molecule has 0 fully saturated rings. The minimum absolute atomic E-state index is 0.922. The first-order chi connectivity index (χ1) is 10.2. The third kappa shape index (κ3) is 3.63. The summed E-state index contributed by atoms with van der Waals surface area (Å²) in [4.78, 5) is 4.66. The maximum Gasteiger partial charge on any atom is 0.187 e. The fourth-order valence-corrected chi connectivity index (χ4v) is 3.13. The van der Waals surface area contributed by atoms with Gasteiger partial charge in [0.15, 0.2) is 5.13 Å². The number of benzene rings is 2. The molecule has 0 aliphatic rings. The zero-order valence-electron chi connectivity index (χ0n) is 11.6. The molecule has 0 spiro atoms. The number of aromatic nitrogens is 1. The third-order valence-corrected chi connectivity index (χ3v) is 4.73. The second kappa shape index (κ2) is 6.58. The summed E-state index contributed by atoms with van der Waals surface area (Å²) in [5.41, 5.74) is 4.61. The summed E-state index contributed by atoms with van der Waals surface area (Å²) in [6.45, 7) is 2.17. The van der Waals surface area contributed by atoms with Gasteiger partial charge < -0.3 is 5.32 Å². The molecule has 0 saturated heterocycles. The highest BCUT2D eigenvalue weighted by Gasteiger charge is 2.05. The monoisotopic (exact) mass is 406 g/mol. The highest BCUT2D eigenvalue weighted by Crippen LogP contribution is 2.27. The molecular formula is C17H15IN2S. The summed E-state index contributed by atoms with van der Waals surface area (Å²) >= 11 is 3.93. The zero-order chi connectivity index (χ0) is 14.7. The summed E-state index contributed by atoms with van der Waals surface area (Å²) < 4.78 is 1.23. The van der Waals surface area contributed by atoms with Crippen molar-refractivity contribution in [2.24, 2.45) is 0 Å². The van der Waals surface area contributed by atoms with Crippen molar-refractivity contribution >= 4 is 44.7 Å². The topological polar surface area (TPSA) is 24.9 Å². The number of anilines is 2. The van der Waals surface area contributed by atoms with E-state index in [1.54, 1.807) is 11.3 Å². The van der Waals surface area contributed by atoms with E-state index < -0.39 is 0 Å². The number of hydrogen-bond donors (Lipinski definition) is 1. The molecule has 4 heteroatoms. The van der Waals surface area contributed by atoms with Gasteiger partial charge in [-0.2, -0.15) is 0 Å². The Kier molecular flexibility index (Phi) is 4.55. The van der Waals surface area contributed by atoms with Crippen LogP contribution in [0.1, 0.15) is 12.5 Å². The standard InChI is InChI=1S/C17H15IN2S/c1-2-12-3-5-13(6-4-12)16-11-21-17(20-16)19-15-9-7-14(18)8-10-15/h3-11H,2H2,1H3,(H,19,20). The largest absolute Gasteiger partial charge is 0.332 e. The Hall–Kier alpha value is -1.40. The molecule has 1 N–H and O–H groups in total. The van der Waals surface area contributed by atoms with Gasteiger partial charge in [0.1, 0.15) is 0 Å². The molecule has 106 valence electrons. The van der Waals surface area contributed by atoms with Crippen molar-refractivity contribution in [1.82, 2.24) is 4.98 Å². The minimum Gasteiger partial charge on any atom is -0.332 e. The van der Waals surface area contributed by atoms with Crippen LogP contribution in [0, 0.1) is 3.57 Å². The predicted octanol–water partition coefficient (Wildman–Crippen LogP) is 5.72. The van der Waals surface area contributed by atoms with E-state index in [0.29, 0.717) is 0 Å². The van der Waals surface area contributed by atoms with Gasteiger partial charge in [-0.3, -0.25) is 0 Å². The van der Waals surface area contributed by atoms with Gasteiger partial charge in [-0.05, 0) is 58.8 Å². The van der Waals surface area contributed by atoms with E-state index in [-0.39, 0.29) is 0 Å². The summed E-state index contributed by atoms with van der Waals surface area (Å²) in [5.74, 6) is 0. The van der Waals surface area contributed by atoms with Crippen molar-refractivity contribution < 1.29 is 0 Å². The molecule has 0 saturated carbocycles. The molecular weight excluding hydrogens is 391 g/mol. The highest BCUT2D eigenvalue weighted by molar-refractivity contribution is 14.1. The number of nitrogens with zero attached hydrogens (tertiary/aromatic N) is 1. The number of thiazole rings is 1. The molecule has 21 heavy (non-hydrogen) atoms. The number of halogens is 1. The molecule has 0 aliphatic carbocycles. The third-order valence-electron chi connectivity index (χ3n) is 3.26. The van der Waals surface area contributed by atoms with E-state index in [1.807, 2.05) is 0 Å². The van der Waals surface area contributed by atoms with Crippen LogP contribution < -0.4 is 5.32 Å². The SMILES string of the molecule is CCc1ccc(-c2csc(Nc3ccc(I)cc3)n2)cc1. The fraction of sp³-hybridized carbons (Fsp3) is 0.118. The Morgan fingerprint density at radius 1 is 1.05 bits per heavy atom. The second-order valence-electron chi connectivity index (χ2n) is 4.72. The van der Waals surface area contributed by atoms with Crippen molar-refractivity contribution in [3.63, 3.8) is 0 Å². The van der Waals surface area contributed by atoms with Crippen molar-refractivity contribution in [3.8, 4) is 11.3 Å². The Morgan fingerprint density at radius 2 is 1.76 bits per heavy atom. The first kappa shape index (κ1) is 14.5. The molecule has 0 unspecified atom stereocenters. The van der Waals surface area contributed by atoms with Crippen LogP contribution in [-0.2, 0) is 6.42 Å². The number of nitrogens with one attached hydrogen (secondary N) is 1. The lowest BCUT2D eigenvalue weighted by atomic mass is 10.1.